The summed E-state index contributed by atoms with van der Waals surface area (Å²) in [6, 6.07) is 10.7. The normalized spacial score (nSPS) is 11.4. The zero-order chi connectivity index (χ0) is 11.3. The Kier molecular flexibility index (Phi) is 4.30. The van der Waals surface area contributed by atoms with Crippen molar-refractivity contribution in [2.45, 2.75) is 20.0 Å². The first-order valence-electron chi connectivity index (χ1n) is 5.30. The molecule has 0 saturated heterocycles. The Morgan fingerprint density at radius 2 is 1.87 bits per heavy atom. The molecule has 0 saturated carbocycles. The standard InChI is InChI=1S/C13H20OSi/c1-12(2)10-14-11-15(3,4)13-8-6-5-7-9-13/h5-9H,1,10-11H2,2-4H3. The molecule has 0 heterocycles. The molecule has 0 radical (unpaired) electrons. The van der Waals surface area contributed by atoms with Crippen molar-refractivity contribution in [2.75, 3.05) is 12.8 Å². The molecule has 0 spiro atoms. The predicted molar refractivity (Wildman–Crippen MR) is 69.2 cm³/mol. The van der Waals surface area contributed by atoms with Gasteiger partial charge in [0.25, 0.3) is 0 Å². The van der Waals surface area contributed by atoms with Crippen LogP contribution in [0.15, 0.2) is 42.5 Å². The lowest BCUT2D eigenvalue weighted by Crippen LogP contribution is -2.46. The first-order chi connectivity index (χ1) is 7.02. The van der Waals surface area contributed by atoms with E-state index in [1.54, 1.807) is 0 Å². The van der Waals surface area contributed by atoms with Crippen LogP contribution in [0.2, 0.25) is 13.1 Å². The molecule has 0 aromatic heterocycles. The average molecular weight is 220 g/mol. The summed E-state index contributed by atoms with van der Waals surface area (Å²) in [5.74, 6) is 0. The van der Waals surface area contributed by atoms with Gasteiger partial charge in [0.1, 0.15) is 8.07 Å². The van der Waals surface area contributed by atoms with E-state index < -0.39 is 8.07 Å². The SMILES string of the molecule is C=C(C)COC[Si](C)(C)c1ccccc1. The molecule has 0 aliphatic carbocycles. The topological polar surface area (TPSA) is 9.23 Å². The van der Waals surface area contributed by atoms with Crippen LogP contribution in [-0.4, -0.2) is 20.9 Å². The van der Waals surface area contributed by atoms with Gasteiger partial charge < -0.3 is 4.74 Å². The monoisotopic (exact) mass is 220 g/mol. The number of hydrogen-bond acceptors (Lipinski definition) is 1. The molecule has 82 valence electrons. The molecule has 1 aromatic rings. The van der Waals surface area contributed by atoms with E-state index in [9.17, 15) is 0 Å². The van der Waals surface area contributed by atoms with E-state index in [1.807, 2.05) is 6.92 Å². The molecule has 0 amide bonds. The van der Waals surface area contributed by atoms with Gasteiger partial charge in [-0.05, 0) is 6.92 Å². The highest BCUT2D eigenvalue weighted by molar-refractivity contribution is 6.89. The summed E-state index contributed by atoms with van der Waals surface area (Å²) >= 11 is 0. The fourth-order valence-corrected chi connectivity index (χ4v) is 3.33. The lowest BCUT2D eigenvalue weighted by molar-refractivity contribution is 0.199. The smallest absolute Gasteiger partial charge is 0.109 e. The molecule has 1 rings (SSSR count). The minimum Gasteiger partial charge on any atom is -0.380 e. The summed E-state index contributed by atoms with van der Waals surface area (Å²) in [6.45, 7) is 11.2. The van der Waals surface area contributed by atoms with E-state index in [2.05, 4.69) is 50.0 Å². The van der Waals surface area contributed by atoms with E-state index in [0.717, 1.165) is 11.8 Å². The first-order valence-corrected chi connectivity index (χ1v) is 8.51. The van der Waals surface area contributed by atoms with Gasteiger partial charge in [0.15, 0.2) is 0 Å². The fourth-order valence-electron chi connectivity index (χ4n) is 1.45. The predicted octanol–water partition coefficient (Wildman–Crippen LogP) is 2.73. The molecule has 0 aliphatic rings. The highest BCUT2D eigenvalue weighted by Gasteiger charge is 2.23. The molecular weight excluding hydrogens is 200 g/mol. The molecule has 2 heteroatoms. The van der Waals surface area contributed by atoms with Crippen molar-refractivity contribution in [3.63, 3.8) is 0 Å². The van der Waals surface area contributed by atoms with E-state index in [4.69, 9.17) is 4.74 Å². The van der Waals surface area contributed by atoms with Crippen LogP contribution in [0.1, 0.15) is 6.92 Å². The highest BCUT2D eigenvalue weighted by atomic mass is 28.3. The molecule has 0 N–H and O–H groups in total. The average Bonchev–Trinajstić information content (AvgIpc) is 2.18. The Balaban J connectivity index is 2.56. The minimum atomic E-state index is -1.41. The van der Waals surface area contributed by atoms with Gasteiger partial charge in [-0.1, -0.05) is 60.8 Å². The van der Waals surface area contributed by atoms with Crippen molar-refractivity contribution >= 4 is 13.3 Å². The third kappa shape index (κ3) is 4.02. The van der Waals surface area contributed by atoms with Crippen molar-refractivity contribution in [3.05, 3.63) is 42.5 Å². The van der Waals surface area contributed by atoms with Gasteiger partial charge in [0, 0.05) is 6.23 Å². The Morgan fingerprint density at radius 1 is 1.27 bits per heavy atom. The van der Waals surface area contributed by atoms with Gasteiger partial charge in [-0.3, -0.25) is 0 Å². The summed E-state index contributed by atoms with van der Waals surface area (Å²) in [5.41, 5.74) is 1.09. The Labute approximate surface area is 93.8 Å². The quantitative estimate of drug-likeness (QED) is 0.548. The van der Waals surface area contributed by atoms with Crippen LogP contribution in [-0.2, 0) is 4.74 Å². The maximum absolute atomic E-state index is 5.68. The van der Waals surface area contributed by atoms with Crippen molar-refractivity contribution in [2.24, 2.45) is 0 Å². The van der Waals surface area contributed by atoms with E-state index in [-0.39, 0.29) is 0 Å². The third-order valence-corrected chi connectivity index (χ3v) is 5.19. The zero-order valence-electron chi connectivity index (χ0n) is 9.92. The molecule has 15 heavy (non-hydrogen) atoms. The number of hydrogen-bond donors (Lipinski definition) is 0. The van der Waals surface area contributed by atoms with Crippen LogP contribution in [0.3, 0.4) is 0 Å². The van der Waals surface area contributed by atoms with Crippen LogP contribution >= 0.6 is 0 Å². The molecule has 0 bridgehead atoms. The van der Waals surface area contributed by atoms with Crippen LogP contribution < -0.4 is 5.19 Å². The fraction of sp³-hybridized carbons (Fsp3) is 0.385. The largest absolute Gasteiger partial charge is 0.380 e. The second-order valence-corrected chi connectivity index (χ2v) is 9.33. The van der Waals surface area contributed by atoms with Gasteiger partial charge in [0.2, 0.25) is 0 Å². The molecule has 0 aliphatic heterocycles. The number of ether oxygens (including phenoxy) is 1. The van der Waals surface area contributed by atoms with Gasteiger partial charge in [-0.25, -0.2) is 0 Å². The molecule has 0 fully saturated rings. The second-order valence-electron chi connectivity index (χ2n) is 4.70. The first kappa shape index (κ1) is 12.2. The summed E-state index contributed by atoms with van der Waals surface area (Å²) in [6.07, 6.45) is 0.865. The Bertz CT molecular complexity index is 317. The van der Waals surface area contributed by atoms with Crippen LogP contribution in [0.25, 0.3) is 0 Å². The van der Waals surface area contributed by atoms with Crippen LogP contribution in [0.4, 0.5) is 0 Å². The van der Waals surface area contributed by atoms with Crippen molar-refractivity contribution in [1.82, 2.24) is 0 Å². The maximum Gasteiger partial charge on any atom is 0.109 e. The maximum atomic E-state index is 5.68. The Hall–Kier alpha value is -0.863. The summed E-state index contributed by atoms with van der Waals surface area (Å²) in [4.78, 5) is 0. The van der Waals surface area contributed by atoms with Gasteiger partial charge in [0.05, 0.1) is 6.61 Å². The van der Waals surface area contributed by atoms with Crippen molar-refractivity contribution < 1.29 is 4.74 Å². The summed E-state index contributed by atoms with van der Waals surface area (Å²) in [7, 11) is -1.41. The highest BCUT2D eigenvalue weighted by Crippen LogP contribution is 2.04. The van der Waals surface area contributed by atoms with E-state index >= 15 is 0 Å². The molecular formula is C13H20OSi. The number of rotatable bonds is 5. The van der Waals surface area contributed by atoms with E-state index in [0.29, 0.717) is 6.61 Å². The van der Waals surface area contributed by atoms with Crippen LogP contribution in [0.5, 0.6) is 0 Å². The molecule has 1 nitrogen and oxygen atoms in total. The summed E-state index contributed by atoms with van der Waals surface area (Å²) in [5, 5.41) is 1.45. The van der Waals surface area contributed by atoms with Gasteiger partial charge in [-0.2, -0.15) is 0 Å². The Morgan fingerprint density at radius 3 is 2.40 bits per heavy atom. The zero-order valence-corrected chi connectivity index (χ0v) is 10.9. The second kappa shape index (κ2) is 5.28. The van der Waals surface area contributed by atoms with Gasteiger partial charge in [-0.15, -0.1) is 0 Å². The van der Waals surface area contributed by atoms with Crippen molar-refractivity contribution in [3.8, 4) is 0 Å². The van der Waals surface area contributed by atoms with Gasteiger partial charge >= 0.3 is 0 Å². The molecule has 0 atom stereocenters. The van der Waals surface area contributed by atoms with Crippen molar-refractivity contribution in [1.29, 1.82) is 0 Å². The molecule has 0 unspecified atom stereocenters. The number of benzene rings is 1. The molecule has 1 aromatic carbocycles. The van der Waals surface area contributed by atoms with Crippen LogP contribution in [0, 0.1) is 0 Å². The van der Waals surface area contributed by atoms with E-state index in [1.165, 1.54) is 5.19 Å². The third-order valence-electron chi connectivity index (χ3n) is 2.37. The minimum absolute atomic E-state index is 0.684. The lowest BCUT2D eigenvalue weighted by Gasteiger charge is -2.22. The summed E-state index contributed by atoms with van der Waals surface area (Å²) < 4.78 is 5.68. The lowest BCUT2D eigenvalue weighted by atomic mass is 10.4.